The van der Waals surface area contributed by atoms with Crippen molar-refractivity contribution in [2.45, 2.75) is 13.0 Å². The third-order valence-electron chi connectivity index (χ3n) is 3.04. The van der Waals surface area contributed by atoms with E-state index in [0.717, 1.165) is 5.52 Å². The predicted molar refractivity (Wildman–Crippen MR) is 72.2 cm³/mol. The minimum Gasteiger partial charge on any atom is -0.369 e. The maximum Gasteiger partial charge on any atom is 0.201 e. The minimum absolute atomic E-state index is 0.0526. The Morgan fingerprint density at radius 3 is 2.89 bits per heavy atom. The third-order valence-corrected chi connectivity index (χ3v) is 4.08. The van der Waals surface area contributed by atoms with Crippen molar-refractivity contribution >= 4 is 28.3 Å². The van der Waals surface area contributed by atoms with E-state index in [1.165, 1.54) is 10.9 Å². The quantitative estimate of drug-likeness (QED) is 0.768. The maximum absolute atomic E-state index is 13.7. The molecule has 5 heteroatoms. The number of aromatic nitrogens is 2. The number of para-hydroxylation sites is 1. The number of nitrogens with zero attached hydrogens (tertiary/aromatic N) is 2. The van der Waals surface area contributed by atoms with Gasteiger partial charge in [0.05, 0.1) is 11.6 Å². The van der Waals surface area contributed by atoms with E-state index >= 15 is 0 Å². The van der Waals surface area contributed by atoms with E-state index in [1.54, 1.807) is 17.4 Å². The summed E-state index contributed by atoms with van der Waals surface area (Å²) in [6.45, 7) is 2.04. The van der Waals surface area contributed by atoms with Gasteiger partial charge in [-0.15, -0.1) is 11.3 Å². The van der Waals surface area contributed by atoms with Crippen molar-refractivity contribution in [3.8, 4) is 0 Å². The lowest BCUT2D eigenvalue weighted by molar-refractivity contribution is 0.637. The number of thiophene rings is 1. The second-order valence-corrected chi connectivity index (χ2v) is 5.12. The summed E-state index contributed by atoms with van der Waals surface area (Å²) in [6.07, 6.45) is 0. The van der Waals surface area contributed by atoms with E-state index in [0.29, 0.717) is 11.5 Å². The van der Waals surface area contributed by atoms with Crippen LogP contribution in [0.4, 0.5) is 10.3 Å². The molecular weight excluding hydrogens is 249 g/mol. The number of imidazole rings is 1. The van der Waals surface area contributed by atoms with Crippen LogP contribution >= 0.6 is 11.3 Å². The summed E-state index contributed by atoms with van der Waals surface area (Å²) < 4.78 is 15.5. The molecule has 0 spiro atoms. The van der Waals surface area contributed by atoms with Gasteiger partial charge in [0.15, 0.2) is 5.82 Å². The Morgan fingerprint density at radius 2 is 2.17 bits per heavy atom. The average Bonchev–Trinajstić information content (AvgIpc) is 2.96. The molecule has 0 aliphatic heterocycles. The van der Waals surface area contributed by atoms with Crippen LogP contribution in [0.15, 0.2) is 35.7 Å². The van der Waals surface area contributed by atoms with E-state index < -0.39 is 0 Å². The minimum atomic E-state index is -0.337. The van der Waals surface area contributed by atoms with Crippen molar-refractivity contribution in [2.24, 2.45) is 0 Å². The lowest BCUT2D eigenvalue weighted by Gasteiger charge is -2.14. The second kappa shape index (κ2) is 4.10. The Morgan fingerprint density at radius 1 is 1.33 bits per heavy atom. The van der Waals surface area contributed by atoms with Gasteiger partial charge in [0, 0.05) is 4.88 Å². The van der Waals surface area contributed by atoms with Gasteiger partial charge >= 0.3 is 0 Å². The van der Waals surface area contributed by atoms with Crippen molar-refractivity contribution in [3.63, 3.8) is 0 Å². The molecule has 0 bridgehead atoms. The largest absolute Gasteiger partial charge is 0.369 e. The Balaban J connectivity index is 2.23. The fourth-order valence-corrected chi connectivity index (χ4v) is 2.94. The van der Waals surface area contributed by atoms with Crippen LogP contribution in [0, 0.1) is 5.82 Å². The molecule has 18 heavy (non-hydrogen) atoms. The lowest BCUT2D eigenvalue weighted by Crippen LogP contribution is -2.08. The number of hydrogen-bond acceptors (Lipinski definition) is 3. The van der Waals surface area contributed by atoms with Crippen molar-refractivity contribution in [3.05, 3.63) is 46.4 Å². The summed E-state index contributed by atoms with van der Waals surface area (Å²) in [5.41, 5.74) is 6.98. The normalized spacial score (nSPS) is 13.0. The van der Waals surface area contributed by atoms with Crippen molar-refractivity contribution in [1.29, 1.82) is 0 Å². The highest BCUT2D eigenvalue weighted by Crippen LogP contribution is 2.30. The standard InChI is InChI=1S/C13H12FN3S/c1-8(11-6-3-7-18-11)17-10-5-2-4-9(14)12(10)16-13(17)15/h2-8H,1H3,(H2,15,16). The van der Waals surface area contributed by atoms with Crippen LogP contribution in [0.3, 0.4) is 0 Å². The molecule has 1 unspecified atom stereocenters. The zero-order valence-corrected chi connectivity index (χ0v) is 10.6. The number of benzene rings is 1. The molecule has 3 aromatic rings. The van der Waals surface area contributed by atoms with Gasteiger partial charge in [0.1, 0.15) is 5.52 Å². The van der Waals surface area contributed by atoms with Crippen LogP contribution in [-0.4, -0.2) is 9.55 Å². The number of halogens is 1. The van der Waals surface area contributed by atoms with Crippen LogP contribution in [0.1, 0.15) is 17.8 Å². The molecule has 2 heterocycles. The van der Waals surface area contributed by atoms with E-state index in [4.69, 9.17) is 5.73 Å². The molecular formula is C13H12FN3S. The van der Waals surface area contributed by atoms with Gasteiger partial charge in [-0.25, -0.2) is 9.37 Å². The van der Waals surface area contributed by atoms with Gasteiger partial charge < -0.3 is 10.3 Å². The highest BCUT2D eigenvalue weighted by molar-refractivity contribution is 7.10. The van der Waals surface area contributed by atoms with Crippen LogP contribution < -0.4 is 5.73 Å². The lowest BCUT2D eigenvalue weighted by atomic mass is 10.2. The maximum atomic E-state index is 13.7. The van der Waals surface area contributed by atoms with Gasteiger partial charge in [-0.2, -0.15) is 0 Å². The molecule has 0 fully saturated rings. The third kappa shape index (κ3) is 1.59. The van der Waals surface area contributed by atoms with Crippen LogP contribution in [0.5, 0.6) is 0 Å². The molecule has 1 atom stereocenters. The van der Waals surface area contributed by atoms with Gasteiger partial charge in [-0.1, -0.05) is 12.1 Å². The SMILES string of the molecule is CC(c1cccs1)n1c(N)nc2c(F)cccc21. The summed E-state index contributed by atoms with van der Waals surface area (Å²) in [4.78, 5) is 5.29. The molecule has 0 aliphatic rings. The number of rotatable bonds is 2. The molecule has 3 nitrogen and oxygen atoms in total. The number of anilines is 1. The van der Waals surface area contributed by atoms with Crippen molar-refractivity contribution < 1.29 is 4.39 Å². The summed E-state index contributed by atoms with van der Waals surface area (Å²) in [5, 5.41) is 2.02. The molecule has 2 N–H and O–H groups in total. The van der Waals surface area contributed by atoms with E-state index in [2.05, 4.69) is 4.98 Å². The molecule has 1 aromatic carbocycles. The molecule has 0 amide bonds. The summed E-state index contributed by atoms with van der Waals surface area (Å²) in [5.74, 6) is 0.00679. The Hall–Kier alpha value is -1.88. The first-order valence-corrected chi connectivity index (χ1v) is 6.52. The zero-order valence-electron chi connectivity index (χ0n) is 9.80. The predicted octanol–water partition coefficient (Wildman–Crippen LogP) is 3.43. The second-order valence-electron chi connectivity index (χ2n) is 4.14. The topological polar surface area (TPSA) is 43.8 Å². The van der Waals surface area contributed by atoms with Gasteiger partial charge in [0.2, 0.25) is 5.95 Å². The van der Waals surface area contributed by atoms with Crippen molar-refractivity contribution in [1.82, 2.24) is 9.55 Å². The van der Waals surface area contributed by atoms with Crippen molar-refractivity contribution in [2.75, 3.05) is 5.73 Å². The molecule has 0 aliphatic carbocycles. The monoisotopic (exact) mass is 261 g/mol. The average molecular weight is 261 g/mol. The summed E-state index contributed by atoms with van der Waals surface area (Å²) >= 11 is 1.65. The number of nitrogen functional groups attached to an aromatic ring is 1. The van der Waals surface area contributed by atoms with E-state index in [9.17, 15) is 4.39 Å². The first-order valence-electron chi connectivity index (χ1n) is 5.64. The van der Waals surface area contributed by atoms with Crippen LogP contribution in [0.25, 0.3) is 11.0 Å². The molecule has 2 aromatic heterocycles. The smallest absolute Gasteiger partial charge is 0.201 e. The molecule has 0 radical (unpaired) electrons. The molecule has 92 valence electrons. The zero-order chi connectivity index (χ0) is 12.7. The number of nitrogens with two attached hydrogens (primary N) is 1. The number of hydrogen-bond donors (Lipinski definition) is 1. The van der Waals surface area contributed by atoms with Gasteiger partial charge in [-0.05, 0) is 30.5 Å². The number of fused-ring (bicyclic) bond motifs is 1. The van der Waals surface area contributed by atoms with Gasteiger partial charge in [-0.3, -0.25) is 0 Å². The van der Waals surface area contributed by atoms with Crippen LogP contribution in [-0.2, 0) is 0 Å². The fourth-order valence-electron chi connectivity index (χ4n) is 2.16. The Bertz CT molecular complexity index is 688. The van der Waals surface area contributed by atoms with E-state index in [1.807, 2.05) is 35.1 Å². The molecule has 0 saturated heterocycles. The Kier molecular flexibility index (Phi) is 2.56. The molecule has 3 rings (SSSR count). The highest BCUT2D eigenvalue weighted by atomic mass is 32.1. The van der Waals surface area contributed by atoms with E-state index in [-0.39, 0.29) is 11.9 Å². The molecule has 0 saturated carbocycles. The summed E-state index contributed by atoms with van der Waals surface area (Å²) in [6, 6.07) is 9.00. The summed E-state index contributed by atoms with van der Waals surface area (Å²) in [7, 11) is 0. The first kappa shape index (κ1) is 11.2. The Labute approximate surface area is 108 Å². The highest BCUT2D eigenvalue weighted by Gasteiger charge is 2.17. The first-order chi connectivity index (χ1) is 8.68. The van der Waals surface area contributed by atoms with Gasteiger partial charge in [0.25, 0.3) is 0 Å². The van der Waals surface area contributed by atoms with Crippen LogP contribution in [0.2, 0.25) is 0 Å². The fraction of sp³-hybridized carbons (Fsp3) is 0.154.